The summed E-state index contributed by atoms with van der Waals surface area (Å²) >= 11 is 0. The molecule has 4 nitrogen and oxygen atoms in total. The van der Waals surface area contributed by atoms with Crippen LogP contribution in [0, 0.1) is 0 Å². The lowest BCUT2D eigenvalue weighted by molar-refractivity contribution is 0.213. The zero-order valence-electron chi connectivity index (χ0n) is 36.6. The molecule has 0 heterocycles. The molecule has 0 amide bonds. The normalized spacial score (nSPS) is 12.8. The van der Waals surface area contributed by atoms with Crippen LogP contribution in [-0.4, -0.2) is 0 Å². The highest BCUT2D eigenvalue weighted by Gasteiger charge is 2.28. The predicted octanol–water partition coefficient (Wildman–Crippen LogP) is 14.3. The van der Waals surface area contributed by atoms with E-state index in [1.165, 1.54) is 89.0 Å². The largest absolute Gasteiger partial charge is 0.485 e. The molecular formula is C62H46O4. The number of hydrogen-bond donors (Lipinski definition) is 0. The molecule has 0 N–H and O–H groups in total. The van der Waals surface area contributed by atoms with Crippen molar-refractivity contribution < 1.29 is 18.9 Å². The van der Waals surface area contributed by atoms with E-state index in [4.69, 9.17) is 18.9 Å². The Morgan fingerprint density at radius 3 is 0.803 bits per heavy atom. The monoisotopic (exact) mass is 854 g/mol. The van der Waals surface area contributed by atoms with Gasteiger partial charge in [-0.05, 0) is 149 Å². The second-order valence-corrected chi connectivity index (χ2v) is 18.0. The highest BCUT2D eigenvalue weighted by molar-refractivity contribution is 5.81. The zero-order chi connectivity index (χ0) is 43.6. The fourth-order valence-corrected chi connectivity index (χ4v) is 11.1. The van der Waals surface area contributed by atoms with Gasteiger partial charge in [-0.15, -0.1) is 0 Å². The van der Waals surface area contributed by atoms with Crippen LogP contribution in [0.1, 0.15) is 66.8 Å². The van der Waals surface area contributed by atoms with Gasteiger partial charge in [-0.25, -0.2) is 0 Å². The van der Waals surface area contributed by atoms with Crippen LogP contribution in [0.2, 0.25) is 0 Å². The molecule has 0 radical (unpaired) electrons. The Labute approximate surface area is 385 Å². The molecule has 0 saturated heterocycles. The van der Waals surface area contributed by atoms with Crippen LogP contribution in [0.4, 0.5) is 0 Å². The average molecular weight is 855 g/mol. The van der Waals surface area contributed by atoms with Gasteiger partial charge in [0.15, 0.2) is 11.5 Å². The first-order chi connectivity index (χ1) is 32.7. The van der Waals surface area contributed by atoms with Gasteiger partial charge in [-0.3, -0.25) is 0 Å². The van der Waals surface area contributed by atoms with Crippen molar-refractivity contribution in [3.05, 3.63) is 249 Å². The minimum atomic E-state index is 0.337. The van der Waals surface area contributed by atoms with E-state index in [1.807, 2.05) is 12.1 Å². The van der Waals surface area contributed by atoms with Crippen LogP contribution in [0.3, 0.4) is 0 Å². The molecule has 0 spiro atoms. The first-order valence-electron chi connectivity index (χ1n) is 23.2. The van der Waals surface area contributed by atoms with E-state index in [0.29, 0.717) is 49.4 Å². The summed E-state index contributed by atoms with van der Waals surface area (Å²) in [4.78, 5) is 0. The van der Waals surface area contributed by atoms with Crippen LogP contribution < -0.4 is 18.9 Å². The number of ether oxygens (including phenoxy) is 4. The van der Waals surface area contributed by atoms with Crippen LogP contribution >= 0.6 is 0 Å². The number of benzene rings is 9. The average Bonchev–Trinajstić information content (AvgIpc) is 4.15. The Morgan fingerprint density at radius 1 is 0.242 bits per heavy atom. The summed E-state index contributed by atoms with van der Waals surface area (Å²) in [6.07, 6.45) is 3.51. The maximum atomic E-state index is 7.12. The van der Waals surface area contributed by atoms with Crippen LogP contribution in [0.25, 0.3) is 44.5 Å². The molecule has 4 aliphatic carbocycles. The molecule has 4 aliphatic rings. The maximum absolute atomic E-state index is 7.12. The number of hydrogen-bond acceptors (Lipinski definition) is 4. The third kappa shape index (κ3) is 6.58. The highest BCUT2D eigenvalue weighted by Crippen LogP contribution is 2.49. The fraction of sp³-hybridized carbons (Fsp3) is 0.129. The molecule has 0 aromatic heterocycles. The molecule has 66 heavy (non-hydrogen) atoms. The van der Waals surface area contributed by atoms with Gasteiger partial charge in [0.1, 0.15) is 26.4 Å². The lowest BCUT2D eigenvalue weighted by Gasteiger charge is -2.22. The van der Waals surface area contributed by atoms with E-state index in [0.717, 1.165) is 47.9 Å². The van der Waals surface area contributed by atoms with Gasteiger partial charge >= 0.3 is 0 Å². The lowest BCUT2D eigenvalue weighted by Crippen LogP contribution is -2.08. The SMILES string of the molecule is c1ccc2c(c1)Cc1c(COc3ccc(OCc4cccc5c4Cc4ccccc4-5)c(OCc4cccc5c4Cc4ccccc4-5)c3OCc3cccc4c3Cc3ccccc3-4)cccc1-2. The van der Waals surface area contributed by atoms with E-state index in [-0.39, 0.29) is 0 Å². The van der Waals surface area contributed by atoms with Crippen molar-refractivity contribution in [1.29, 1.82) is 0 Å². The standard InChI is InChI=1S/C62H46O4/c1-5-21-47-39(13-1)31-55-43(17-9-25-51(47)55)35-63-59-29-30-60(64-36-44-18-10-26-52-48-22-6-2-14-40(48)32-56(44)52)62(66-38-46-20-12-28-54-50-24-8-4-16-42(50)34-58(46)54)61(59)65-37-45-19-11-27-53-49-23-7-3-15-41(49)33-57(45)53/h1-30H,31-38H2. The number of rotatable bonds is 12. The molecule has 9 aromatic carbocycles. The van der Waals surface area contributed by atoms with Crippen molar-refractivity contribution in [2.45, 2.75) is 52.1 Å². The summed E-state index contributed by atoms with van der Waals surface area (Å²) in [5.41, 5.74) is 25.5. The molecule has 9 aromatic rings. The van der Waals surface area contributed by atoms with Crippen molar-refractivity contribution in [3.8, 4) is 67.5 Å². The Balaban J connectivity index is 0.889. The van der Waals surface area contributed by atoms with Crippen molar-refractivity contribution in [3.63, 3.8) is 0 Å². The highest BCUT2D eigenvalue weighted by atomic mass is 16.6. The summed E-state index contributed by atoms with van der Waals surface area (Å²) in [7, 11) is 0. The van der Waals surface area contributed by atoms with Crippen molar-refractivity contribution in [1.82, 2.24) is 0 Å². The predicted molar refractivity (Wildman–Crippen MR) is 263 cm³/mol. The van der Waals surface area contributed by atoms with Crippen molar-refractivity contribution in [2.75, 3.05) is 0 Å². The summed E-state index contributed by atoms with van der Waals surface area (Å²) in [5, 5.41) is 0. The van der Waals surface area contributed by atoms with Gasteiger partial charge in [0.2, 0.25) is 11.5 Å². The molecule has 0 unspecified atom stereocenters. The molecule has 0 fully saturated rings. The smallest absolute Gasteiger partial charge is 0.207 e. The van der Waals surface area contributed by atoms with E-state index >= 15 is 0 Å². The van der Waals surface area contributed by atoms with Crippen molar-refractivity contribution >= 4 is 0 Å². The van der Waals surface area contributed by atoms with Gasteiger partial charge in [-0.2, -0.15) is 0 Å². The summed E-state index contributed by atoms with van der Waals surface area (Å²) < 4.78 is 28.1. The third-order valence-electron chi connectivity index (χ3n) is 14.3. The molecule has 0 atom stereocenters. The molecule has 4 heteroatoms. The van der Waals surface area contributed by atoms with Gasteiger partial charge in [0, 0.05) is 0 Å². The second-order valence-electron chi connectivity index (χ2n) is 18.0. The fourth-order valence-electron chi connectivity index (χ4n) is 11.1. The minimum absolute atomic E-state index is 0.337. The minimum Gasteiger partial charge on any atom is -0.485 e. The number of fused-ring (bicyclic) bond motifs is 12. The Morgan fingerprint density at radius 2 is 0.500 bits per heavy atom. The van der Waals surface area contributed by atoms with Gasteiger partial charge in [-0.1, -0.05) is 170 Å². The molecule has 0 aliphatic heterocycles. The topological polar surface area (TPSA) is 36.9 Å². The quantitative estimate of drug-likeness (QED) is 0.123. The zero-order valence-corrected chi connectivity index (χ0v) is 36.6. The van der Waals surface area contributed by atoms with Gasteiger partial charge in [0.05, 0.1) is 0 Å². The second kappa shape index (κ2) is 16.0. The first-order valence-corrected chi connectivity index (χ1v) is 23.2. The van der Waals surface area contributed by atoms with E-state index in [2.05, 4.69) is 170 Å². The molecule has 318 valence electrons. The molecule has 0 saturated carbocycles. The van der Waals surface area contributed by atoms with Crippen LogP contribution in [-0.2, 0) is 52.1 Å². The maximum Gasteiger partial charge on any atom is 0.207 e. The van der Waals surface area contributed by atoms with Gasteiger partial charge in [0.25, 0.3) is 0 Å². The van der Waals surface area contributed by atoms with Crippen molar-refractivity contribution in [2.24, 2.45) is 0 Å². The molecular weight excluding hydrogens is 809 g/mol. The summed E-state index contributed by atoms with van der Waals surface area (Å²) in [5.74, 6) is 2.31. The first kappa shape index (κ1) is 38.6. The third-order valence-corrected chi connectivity index (χ3v) is 14.3. The summed E-state index contributed by atoms with van der Waals surface area (Å²) in [6, 6.07) is 65.1. The van der Waals surface area contributed by atoms with Gasteiger partial charge < -0.3 is 18.9 Å². The van der Waals surface area contributed by atoms with E-state index in [9.17, 15) is 0 Å². The van der Waals surface area contributed by atoms with Crippen LogP contribution in [0.5, 0.6) is 23.0 Å². The van der Waals surface area contributed by atoms with Crippen LogP contribution in [0.15, 0.2) is 182 Å². The Hall–Kier alpha value is -7.82. The van der Waals surface area contributed by atoms with E-state index < -0.39 is 0 Å². The molecule has 0 bridgehead atoms. The Bertz CT molecular complexity index is 3170. The molecule has 13 rings (SSSR count). The summed E-state index contributed by atoms with van der Waals surface area (Å²) in [6.45, 7) is 1.43. The lowest BCUT2D eigenvalue weighted by atomic mass is 10.0. The van der Waals surface area contributed by atoms with E-state index in [1.54, 1.807) is 0 Å². The Kier molecular flexibility index (Phi) is 9.37.